The van der Waals surface area contributed by atoms with Gasteiger partial charge >= 0.3 is 0 Å². The normalized spacial score (nSPS) is 29.0. The molecule has 3 nitrogen and oxygen atoms in total. The number of rotatable bonds is 3. The van der Waals surface area contributed by atoms with Crippen LogP contribution in [0.2, 0.25) is 5.02 Å². The summed E-state index contributed by atoms with van der Waals surface area (Å²) in [6, 6.07) is 4.16. The minimum Gasteiger partial charge on any atom is -0.387 e. The smallest absolute Gasteiger partial charge is 0.227 e. The molecule has 1 saturated carbocycles. The van der Waals surface area contributed by atoms with Crippen molar-refractivity contribution in [3.63, 3.8) is 0 Å². The van der Waals surface area contributed by atoms with Crippen LogP contribution < -0.4 is 0 Å². The molecule has 1 aromatic rings. The summed E-state index contributed by atoms with van der Waals surface area (Å²) in [5.41, 5.74) is -0.172. The van der Waals surface area contributed by atoms with E-state index in [0.29, 0.717) is 29.6 Å². The van der Waals surface area contributed by atoms with Crippen molar-refractivity contribution in [1.82, 2.24) is 4.90 Å². The van der Waals surface area contributed by atoms with E-state index in [2.05, 4.69) is 0 Å². The van der Waals surface area contributed by atoms with E-state index in [1.807, 2.05) is 6.92 Å². The Morgan fingerprint density at radius 1 is 1.48 bits per heavy atom. The van der Waals surface area contributed by atoms with Crippen LogP contribution in [0.4, 0.5) is 4.39 Å². The summed E-state index contributed by atoms with van der Waals surface area (Å²) in [4.78, 5) is 14.1. The third-order valence-corrected chi connectivity index (χ3v) is 4.92. The third kappa shape index (κ3) is 2.92. The summed E-state index contributed by atoms with van der Waals surface area (Å²) in [7, 11) is 0. The first-order valence-corrected chi connectivity index (χ1v) is 7.71. The molecule has 2 aliphatic rings. The number of carbonyl (C=O) groups is 1. The van der Waals surface area contributed by atoms with E-state index in [4.69, 9.17) is 11.6 Å². The third-order valence-electron chi connectivity index (χ3n) is 4.71. The average molecular weight is 312 g/mol. The quantitative estimate of drug-likeness (QED) is 0.932. The van der Waals surface area contributed by atoms with Gasteiger partial charge in [0, 0.05) is 24.0 Å². The summed E-state index contributed by atoms with van der Waals surface area (Å²) in [6.45, 7) is 2.94. The molecule has 21 heavy (non-hydrogen) atoms. The van der Waals surface area contributed by atoms with Gasteiger partial charge in [0.25, 0.3) is 0 Å². The Balaban J connectivity index is 1.69. The predicted molar refractivity (Wildman–Crippen MR) is 78.5 cm³/mol. The van der Waals surface area contributed by atoms with Crippen LogP contribution >= 0.6 is 11.6 Å². The van der Waals surface area contributed by atoms with E-state index in [1.165, 1.54) is 12.1 Å². The van der Waals surface area contributed by atoms with Gasteiger partial charge in [-0.15, -0.1) is 0 Å². The molecule has 1 amide bonds. The van der Waals surface area contributed by atoms with E-state index in [9.17, 15) is 14.3 Å². The van der Waals surface area contributed by atoms with Crippen molar-refractivity contribution in [3.8, 4) is 0 Å². The number of β-amino-alcohol motifs (C(OH)–C–C–N with tert-alkyl or cyclic N) is 1. The SMILES string of the molecule is C[C@@H]1CN(C(=O)Cc2cc(F)cc(Cl)c2)C[C@@]1(O)C1CC1. The average Bonchev–Trinajstić information content (AvgIpc) is 3.16. The van der Waals surface area contributed by atoms with Crippen LogP contribution in [0.3, 0.4) is 0 Å². The van der Waals surface area contributed by atoms with E-state index >= 15 is 0 Å². The van der Waals surface area contributed by atoms with Crippen LogP contribution in [0.25, 0.3) is 0 Å². The van der Waals surface area contributed by atoms with Gasteiger partial charge in [-0.2, -0.15) is 0 Å². The zero-order valence-electron chi connectivity index (χ0n) is 12.0. The number of halogens is 2. The molecule has 2 fully saturated rings. The number of nitrogens with zero attached hydrogens (tertiary/aromatic N) is 1. The number of likely N-dealkylation sites (tertiary alicyclic amines) is 1. The number of amides is 1. The zero-order chi connectivity index (χ0) is 15.2. The summed E-state index contributed by atoms with van der Waals surface area (Å²) in [5, 5.41) is 11.0. The van der Waals surface area contributed by atoms with Gasteiger partial charge in [-0.25, -0.2) is 4.39 Å². The van der Waals surface area contributed by atoms with Gasteiger partial charge in [-0.1, -0.05) is 18.5 Å². The Kier molecular flexibility index (Phi) is 3.70. The van der Waals surface area contributed by atoms with Crippen LogP contribution in [-0.4, -0.2) is 34.6 Å². The number of aliphatic hydroxyl groups is 1. The highest BCUT2D eigenvalue weighted by atomic mass is 35.5. The van der Waals surface area contributed by atoms with Crippen molar-refractivity contribution >= 4 is 17.5 Å². The molecular formula is C16H19ClFNO2. The van der Waals surface area contributed by atoms with Crippen molar-refractivity contribution in [2.24, 2.45) is 11.8 Å². The molecule has 5 heteroatoms. The zero-order valence-corrected chi connectivity index (χ0v) is 12.7. The maximum atomic E-state index is 13.3. The Morgan fingerprint density at radius 2 is 2.19 bits per heavy atom. The maximum absolute atomic E-state index is 13.3. The van der Waals surface area contributed by atoms with Crippen LogP contribution in [0.15, 0.2) is 18.2 Å². The van der Waals surface area contributed by atoms with Gasteiger partial charge in [0.2, 0.25) is 5.91 Å². The van der Waals surface area contributed by atoms with Crippen molar-refractivity contribution in [3.05, 3.63) is 34.6 Å². The molecule has 1 aliphatic carbocycles. The molecule has 0 aromatic heterocycles. The molecule has 1 aromatic carbocycles. The topological polar surface area (TPSA) is 40.5 Å². The van der Waals surface area contributed by atoms with Crippen molar-refractivity contribution < 1.29 is 14.3 Å². The van der Waals surface area contributed by atoms with Gasteiger partial charge in [0.1, 0.15) is 5.82 Å². The van der Waals surface area contributed by atoms with Crippen LogP contribution in [-0.2, 0) is 11.2 Å². The fourth-order valence-corrected chi connectivity index (χ4v) is 3.56. The lowest BCUT2D eigenvalue weighted by atomic mass is 9.88. The molecule has 1 saturated heterocycles. The molecule has 0 unspecified atom stereocenters. The van der Waals surface area contributed by atoms with E-state index in [-0.39, 0.29) is 18.2 Å². The molecule has 114 valence electrons. The monoisotopic (exact) mass is 311 g/mol. The second-order valence-corrected chi connectivity index (χ2v) is 6.83. The highest BCUT2D eigenvalue weighted by Gasteiger charge is 2.53. The Labute approximate surface area is 128 Å². The molecule has 2 atom stereocenters. The predicted octanol–water partition coefficient (Wildman–Crippen LogP) is 2.64. The highest BCUT2D eigenvalue weighted by molar-refractivity contribution is 6.30. The van der Waals surface area contributed by atoms with Crippen molar-refractivity contribution in [2.45, 2.75) is 31.8 Å². The van der Waals surface area contributed by atoms with E-state index < -0.39 is 11.4 Å². The molecule has 0 radical (unpaired) electrons. The molecule has 3 rings (SSSR count). The summed E-state index contributed by atoms with van der Waals surface area (Å²) in [5.74, 6) is -0.103. The van der Waals surface area contributed by atoms with Gasteiger partial charge in [-0.3, -0.25) is 4.79 Å². The number of carbonyl (C=O) groups excluding carboxylic acids is 1. The first kappa shape index (κ1) is 14.8. The number of benzene rings is 1. The minimum absolute atomic E-state index is 0.0832. The largest absolute Gasteiger partial charge is 0.387 e. The molecular weight excluding hydrogens is 293 g/mol. The van der Waals surface area contributed by atoms with Crippen LogP contribution in [0.1, 0.15) is 25.3 Å². The second kappa shape index (κ2) is 5.25. The summed E-state index contributed by atoms with van der Waals surface area (Å²) < 4.78 is 13.3. The molecule has 1 N–H and O–H groups in total. The Morgan fingerprint density at radius 3 is 2.81 bits per heavy atom. The van der Waals surface area contributed by atoms with Gasteiger partial charge in [0.05, 0.1) is 12.0 Å². The maximum Gasteiger partial charge on any atom is 0.227 e. The van der Waals surface area contributed by atoms with E-state index in [0.717, 1.165) is 12.8 Å². The van der Waals surface area contributed by atoms with Crippen LogP contribution in [0, 0.1) is 17.7 Å². The van der Waals surface area contributed by atoms with E-state index in [1.54, 1.807) is 11.0 Å². The number of hydrogen-bond donors (Lipinski definition) is 1. The first-order chi connectivity index (χ1) is 9.88. The lowest BCUT2D eigenvalue weighted by Gasteiger charge is -2.26. The lowest BCUT2D eigenvalue weighted by Crippen LogP contribution is -2.40. The molecule has 1 heterocycles. The fourth-order valence-electron chi connectivity index (χ4n) is 3.32. The Hall–Kier alpha value is -1.13. The van der Waals surface area contributed by atoms with Crippen molar-refractivity contribution in [2.75, 3.05) is 13.1 Å². The first-order valence-electron chi connectivity index (χ1n) is 7.33. The van der Waals surface area contributed by atoms with Gasteiger partial charge < -0.3 is 10.0 Å². The van der Waals surface area contributed by atoms with Crippen molar-refractivity contribution in [1.29, 1.82) is 0 Å². The Bertz CT molecular complexity index is 555. The standard InChI is InChI=1S/C16H19ClFNO2/c1-10-8-19(9-16(10,21)12-2-3-12)15(20)6-11-4-13(17)7-14(18)5-11/h4-5,7,10,12,21H,2-3,6,8-9H2,1H3/t10-,16+/m1/s1. The van der Waals surface area contributed by atoms with Crippen LogP contribution in [0.5, 0.6) is 0 Å². The number of hydrogen-bond acceptors (Lipinski definition) is 2. The van der Waals surface area contributed by atoms with Gasteiger partial charge in [-0.05, 0) is 42.5 Å². The highest BCUT2D eigenvalue weighted by Crippen LogP contribution is 2.47. The lowest BCUT2D eigenvalue weighted by molar-refractivity contribution is -0.130. The molecule has 1 aliphatic heterocycles. The molecule has 0 spiro atoms. The fraction of sp³-hybridized carbons (Fsp3) is 0.562. The second-order valence-electron chi connectivity index (χ2n) is 6.40. The summed E-state index contributed by atoms with van der Waals surface area (Å²) in [6.07, 6.45) is 2.20. The summed E-state index contributed by atoms with van der Waals surface area (Å²) >= 11 is 5.81. The molecule has 0 bridgehead atoms. The van der Waals surface area contributed by atoms with Gasteiger partial charge in [0.15, 0.2) is 0 Å². The minimum atomic E-state index is -0.741.